The van der Waals surface area contributed by atoms with E-state index in [9.17, 15) is 9.59 Å². The Kier molecular flexibility index (Phi) is 2.76. The Hall–Kier alpha value is -2.04. The zero-order chi connectivity index (χ0) is 11.5. The third-order valence-electron chi connectivity index (χ3n) is 2.59. The number of carbonyl (C=O) groups excluding carboxylic acids is 1. The van der Waals surface area contributed by atoms with Gasteiger partial charge in [0.2, 0.25) is 5.91 Å². The topological polar surface area (TPSA) is 69.6 Å². The van der Waals surface area contributed by atoms with Crippen molar-refractivity contribution in [3.8, 4) is 0 Å². The van der Waals surface area contributed by atoms with Crippen LogP contribution in [-0.2, 0) is 11.3 Å². The predicted octanol–water partition coefficient (Wildman–Crippen LogP) is 0.665. The molecule has 1 aliphatic heterocycles. The largest absolute Gasteiger partial charge is 0.465 e. The van der Waals surface area contributed by atoms with Gasteiger partial charge in [0.15, 0.2) is 0 Å². The minimum Gasteiger partial charge on any atom is -0.465 e. The molecule has 0 spiro atoms. The summed E-state index contributed by atoms with van der Waals surface area (Å²) in [7, 11) is 0. The summed E-state index contributed by atoms with van der Waals surface area (Å²) in [6.45, 7) is 0.645. The van der Waals surface area contributed by atoms with Gasteiger partial charge in [0.1, 0.15) is 6.04 Å². The maximum Gasteiger partial charge on any atom is 0.408 e. The number of amides is 2. The number of hydrogen-bond acceptors (Lipinski definition) is 2. The summed E-state index contributed by atoms with van der Waals surface area (Å²) in [6, 6.07) is 8.69. The molecule has 0 unspecified atom stereocenters. The van der Waals surface area contributed by atoms with Crippen LogP contribution in [0.1, 0.15) is 5.56 Å². The normalized spacial score (nSPS) is 18.5. The zero-order valence-corrected chi connectivity index (χ0v) is 8.59. The molecule has 2 rings (SSSR count). The van der Waals surface area contributed by atoms with E-state index < -0.39 is 12.1 Å². The highest BCUT2D eigenvalue weighted by atomic mass is 16.4. The van der Waals surface area contributed by atoms with Gasteiger partial charge in [-0.15, -0.1) is 0 Å². The van der Waals surface area contributed by atoms with E-state index >= 15 is 0 Å². The second-order valence-electron chi connectivity index (χ2n) is 3.66. The number of hydrogen-bond donors (Lipinski definition) is 2. The fraction of sp³-hybridized carbons (Fsp3) is 0.273. The van der Waals surface area contributed by atoms with Gasteiger partial charge in [-0.25, -0.2) is 4.79 Å². The molecule has 0 aromatic heterocycles. The van der Waals surface area contributed by atoms with Crippen molar-refractivity contribution in [1.82, 2.24) is 10.2 Å². The third kappa shape index (κ3) is 1.98. The fourth-order valence-electron chi connectivity index (χ4n) is 1.62. The lowest BCUT2D eigenvalue weighted by atomic mass is 10.1. The molecule has 0 saturated carbocycles. The minimum atomic E-state index is -1.07. The maximum atomic E-state index is 11.2. The Bertz CT molecular complexity index is 405. The first-order chi connectivity index (χ1) is 7.68. The number of β-lactam (4-membered cyclic amide) rings is 1. The van der Waals surface area contributed by atoms with Gasteiger partial charge < -0.3 is 10.4 Å². The Morgan fingerprint density at radius 1 is 1.44 bits per heavy atom. The van der Waals surface area contributed by atoms with Crippen LogP contribution >= 0.6 is 0 Å². The highest BCUT2D eigenvalue weighted by molar-refractivity contribution is 5.90. The first-order valence-corrected chi connectivity index (χ1v) is 4.99. The summed E-state index contributed by atoms with van der Waals surface area (Å²) in [5.41, 5.74) is 0.879. The van der Waals surface area contributed by atoms with Crippen molar-refractivity contribution in [1.29, 1.82) is 0 Å². The predicted molar refractivity (Wildman–Crippen MR) is 56.8 cm³/mol. The van der Waals surface area contributed by atoms with Crippen LogP contribution in [0.4, 0.5) is 4.79 Å². The Labute approximate surface area is 92.7 Å². The molecule has 1 aromatic carbocycles. The van der Waals surface area contributed by atoms with Crippen LogP contribution in [0.25, 0.3) is 0 Å². The summed E-state index contributed by atoms with van der Waals surface area (Å²) in [5.74, 6) is -0.224. The van der Waals surface area contributed by atoms with Crippen molar-refractivity contribution in [2.75, 3.05) is 6.54 Å². The monoisotopic (exact) mass is 220 g/mol. The lowest BCUT2D eigenvalue weighted by Crippen LogP contribution is -2.62. The summed E-state index contributed by atoms with van der Waals surface area (Å²) >= 11 is 0. The fourth-order valence-corrected chi connectivity index (χ4v) is 1.62. The second kappa shape index (κ2) is 4.22. The summed E-state index contributed by atoms with van der Waals surface area (Å²) in [4.78, 5) is 23.3. The van der Waals surface area contributed by atoms with Crippen LogP contribution in [0.3, 0.4) is 0 Å². The van der Waals surface area contributed by atoms with Gasteiger partial charge in [0.05, 0.1) is 0 Å². The number of benzene rings is 1. The van der Waals surface area contributed by atoms with Crippen LogP contribution in [0.2, 0.25) is 0 Å². The molecule has 84 valence electrons. The molecule has 1 saturated heterocycles. The molecular weight excluding hydrogens is 208 g/mol. The van der Waals surface area contributed by atoms with E-state index in [1.54, 1.807) is 0 Å². The third-order valence-corrected chi connectivity index (χ3v) is 2.59. The molecular formula is C11H12N2O3. The zero-order valence-electron chi connectivity index (χ0n) is 8.59. The van der Waals surface area contributed by atoms with Crippen molar-refractivity contribution in [2.24, 2.45) is 0 Å². The van der Waals surface area contributed by atoms with Gasteiger partial charge in [-0.2, -0.15) is 0 Å². The van der Waals surface area contributed by atoms with Gasteiger partial charge in [-0.3, -0.25) is 9.69 Å². The summed E-state index contributed by atoms with van der Waals surface area (Å²) in [6.07, 6.45) is -1.07. The van der Waals surface area contributed by atoms with Crippen LogP contribution < -0.4 is 5.32 Å². The first kappa shape index (κ1) is 10.5. The van der Waals surface area contributed by atoms with Crippen molar-refractivity contribution < 1.29 is 14.7 Å². The number of nitrogens with zero attached hydrogens (tertiary/aromatic N) is 1. The molecule has 1 fully saturated rings. The Morgan fingerprint density at radius 2 is 2.12 bits per heavy atom. The number of carbonyl (C=O) groups is 2. The van der Waals surface area contributed by atoms with Crippen LogP contribution in [0.5, 0.6) is 0 Å². The van der Waals surface area contributed by atoms with Gasteiger partial charge in [-0.1, -0.05) is 30.3 Å². The van der Waals surface area contributed by atoms with Gasteiger partial charge in [-0.05, 0) is 5.56 Å². The molecule has 1 aliphatic rings. The Balaban J connectivity index is 2.09. The molecule has 0 radical (unpaired) electrons. The lowest BCUT2D eigenvalue weighted by Gasteiger charge is -2.34. The molecule has 5 nitrogen and oxygen atoms in total. The van der Waals surface area contributed by atoms with Crippen molar-refractivity contribution in [3.63, 3.8) is 0 Å². The second-order valence-corrected chi connectivity index (χ2v) is 3.66. The van der Waals surface area contributed by atoms with E-state index in [2.05, 4.69) is 5.32 Å². The van der Waals surface area contributed by atoms with Crippen molar-refractivity contribution >= 4 is 12.0 Å². The lowest BCUT2D eigenvalue weighted by molar-refractivity contribution is -0.132. The van der Waals surface area contributed by atoms with E-state index in [1.807, 2.05) is 30.3 Å². The van der Waals surface area contributed by atoms with E-state index in [1.165, 1.54) is 0 Å². The van der Waals surface area contributed by atoms with E-state index in [-0.39, 0.29) is 12.5 Å². The van der Waals surface area contributed by atoms with Gasteiger partial charge in [0.25, 0.3) is 0 Å². The van der Waals surface area contributed by atoms with E-state index in [0.717, 1.165) is 10.5 Å². The molecule has 2 N–H and O–H groups in total. The maximum absolute atomic E-state index is 11.2. The average molecular weight is 220 g/mol. The summed E-state index contributed by atoms with van der Waals surface area (Å²) < 4.78 is 0. The minimum absolute atomic E-state index is 0.224. The quantitative estimate of drug-likeness (QED) is 0.735. The molecule has 1 heterocycles. The van der Waals surface area contributed by atoms with Crippen LogP contribution in [-0.4, -0.2) is 34.6 Å². The molecule has 0 aliphatic carbocycles. The standard InChI is InChI=1S/C11H12N2O3/c14-10-9(6-12-10)13(11(15)16)7-8-4-2-1-3-5-8/h1-5,9H,6-7H2,(H,12,14)(H,15,16)/t9-/m1/s1. The molecule has 1 aromatic rings. The van der Waals surface area contributed by atoms with E-state index in [4.69, 9.17) is 5.11 Å². The SMILES string of the molecule is O=C1NC[C@H]1N(Cc1ccccc1)C(=O)O. The number of carboxylic acid groups (broad SMARTS) is 1. The molecule has 2 amide bonds. The van der Waals surface area contributed by atoms with Gasteiger partial charge in [0, 0.05) is 13.1 Å². The highest BCUT2D eigenvalue weighted by Crippen LogP contribution is 2.12. The van der Waals surface area contributed by atoms with Crippen molar-refractivity contribution in [2.45, 2.75) is 12.6 Å². The first-order valence-electron chi connectivity index (χ1n) is 4.99. The van der Waals surface area contributed by atoms with Crippen LogP contribution in [0.15, 0.2) is 30.3 Å². The van der Waals surface area contributed by atoms with Gasteiger partial charge >= 0.3 is 6.09 Å². The van der Waals surface area contributed by atoms with Crippen LogP contribution in [0, 0.1) is 0 Å². The van der Waals surface area contributed by atoms with Crippen molar-refractivity contribution in [3.05, 3.63) is 35.9 Å². The number of rotatable bonds is 3. The molecule has 5 heteroatoms. The molecule has 1 atom stereocenters. The smallest absolute Gasteiger partial charge is 0.408 e. The Morgan fingerprint density at radius 3 is 2.56 bits per heavy atom. The summed E-state index contributed by atoms with van der Waals surface area (Å²) in [5, 5.41) is 11.6. The molecule has 0 bridgehead atoms. The van der Waals surface area contributed by atoms with E-state index in [0.29, 0.717) is 6.54 Å². The average Bonchev–Trinajstić information content (AvgIpc) is 2.27. The molecule has 16 heavy (non-hydrogen) atoms. The highest BCUT2D eigenvalue weighted by Gasteiger charge is 2.36. The number of nitrogens with one attached hydrogen (secondary N) is 1.